The predicted octanol–water partition coefficient (Wildman–Crippen LogP) is 1.56. The zero-order chi connectivity index (χ0) is 13.8. The van der Waals surface area contributed by atoms with Crippen molar-refractivity contribution < 1.29 is 8.42 Å². The molecular weight excluding hydrogens is 268 g/mol. The molecule has 0 saturated heterocycles. The van der Waals surface area contributed by atoms with Crippen LogP contribution in [0.5, 0.6) is 0 Å². The molecule has 0 aromatic heterocycles. The predicted molar refractivity (Wildman–Crippen MR) is 79.3 cm³/mol. The van der Waals surface area contributed by atoms with Crippen LogP contribution in [0.1, 0.15) is 39.5 Å². The fourth-order valence-electron chi connectivity index (χ4n) is 2.55. The van der Waals surface area contributed by atoms with Crippen molar-refractivity contribution in [2.24, 2.45) is 11.8 Å². The molecule has 108 valence electrons. The molecule has 0 aliphatic heterocycles. The van der Waals surface area contributed by atoms with Crippen molar-refractivity contribution in [1.82, 2.24) is 5.43 Å². The van der Waals surface area contributed by atoms with Gasteiger partial charge in [-0.2, -0.15) is 11.8 Å². The van der Waals surface area contributed by atoms with Crippen LogP contribution in [-0.4, -0.2) is 37.0 Å². The van der Waals surface area contributed by atoms with E-state index < -0.39 is 9.84 Å². The van der Waals surface area contributed by atoms with Gasteiger partial charge in [-0.25, -0.2) is 8.42 Å². The lowest BCUT2D eigenvalue weighted by Gasteiger charge is -2.33. The lowest BCUT2D eigenvalue weighted by molar-refractivity contribution is 0.288. The zero-order valence-electron chi connectivity index (χ0n) is 11.6. The first kappa shape index (κ1) is 16.3. The van der Waals surface area contributed by atoms with Gasteiger partial charge in [0.25, 0.3) is 0 Å². The highest BCUT2D eigenvalue weighted by molar-refractivity contribution is 7.99. The van der Waals surface area contributed by atoms with Gasteiger partial charge >= 0.3 is 0 Å². The molecule has 0 radical (unpaired) electrons. The van der Waals surface area contributed by atoms with Crippen LogP contribution in [-0.2, 0) is 9.84 Å². The van der Waals surface area contributed by atoms with Gasteiger partial charge in [0.1, 0.15) is 9.84 Å². The third-order valence-corrected chi connectivity index (χ3v) is 6.52. The largest absolute Gasteiger partial charge is 0.271 e. The van der Waals surface area contributed by atoms with Crippen molar-refractivity contribution in [3.8, 4) is 0 Å². The third-order valence-electron chi connectivity index (χ3n) is 3.66. The van der Waals surface area contributed by atoms with Crippen molar-refractivity contribution in [1.29, 1.82) is 0 Å². The summed E-state index contributed by atoms with van der Waals surface area (Å²) in [6.07, 6.45) is 5.00. The summed E-state index contributed by atoms with van der Waals surface area (Å²) in [5.74, 6) is 6.97. The molecule has 0 aromatic rings. The van der Waals surface area contributed by atoms with Crippen molar-refractivity contribution in [2.75, 3.05) is 12.0 Å². The monoisotopic (exact) mass is 294 g/mol. The molecule has 0 bridgehead atoms. The van der Waals surface area contributed by atoms with Gasteiger partial charge in [0, 0.05) is 18.1 Å². The smallest absolute Gasteiger partial charge is 0.150 e. The van der Waals surface area contributed by atoms with Crippen LogP contribution in [0, 0.1) is 5.92 Å². The lowest BCUT2D eigenvalue weighted by atomic mass is 9.84. The van der Waals surface area contributed by atoms with Crippen molar-refractivity contribution in [3.63, 3.8) is 0 Å². The summed E-state index contributed by atoms with van der Waals surface area (Å²) in [5, 5.41) is 0.409. The van der Waals surface area contributed by atoms with E-state index in [1.54, 1.807) is 0 Å². The fraction of sp³-hybridized carbons (Fsp3) is 1.00. The Morgan fingerprint density at radius 1 is 1.39 bits per heavy atom. The fourth-order valence-corrected chi connectivity index (χ4v) is 4.70. The molecule has 1 aliphatic rings. The second-order valence-corrected chi connectivity index (χ2v) is 9.47. The lowest BCUT2D eigenvalue weighted by Crippen LogP contribution is -2.46. The molecule has 0 heterocycles. The molecule has 3 N–H and O–H groups in total. The van der Waals surface area contributed by atoms with Gasteiger partial charge in [-0.3, -0.25) is 11.3 Å². The second kappa shape index (κ2) is 7.12. The summed E-state index contributed by atoms with van der Waals surface area (Å²) in [6, 6.07) is 0.224. The Labute approximate surface area is 115 Å². The topological polar surface area (TPSA) is 72.2 Å². The molecule has 1 saturated carbocycles. The Kier molecular flexibility index (Phi) is 6.44. The number of thioether (sulfide) groups is 1. The molecule has 6 heteroatoms. The number of hydrogen-bond donors (Lipinski definition) is 2. The molecule has 1 aliphatic carbocycles. The van der Waals surface area contributed by atoms with Gasteiger partial charge in [0.2, 0.25) is 0 Å². The van der Waals surface area contributed by atoms with E-state index in [1.165, 1.54) is 6.26 Å². The molecule has 1 rings (SSSR count). The van der Waals surface area contributed by atoms with Gasteiger partial charge in [0.05, 0.1) is 5.25 Å². The number of hydrazine groups is 1. The molecule has 18 heavy (non-hydrogen) atoms. The quantitative estimate of drug-likeness (QED) is 0.574. The van der Waals surface area contributed by atoms with Crippen molar-refractivity contribution in [2.45, 2.75) is 56.1 Å². The first-order valence-corrected chi connectivity index (χ1v) is 9.61. The van der Waals surface area contributed by atoms with Gasteiger partial charge in [-0.15, -0.1) is 0 Å². The summed E-state index contributed by atoms with van der Waals surface area (Å²) in [7, 11) is -2.91. The highest BCUT2D eigenvalue weighted by atomic mass is 32.2. The van der Waals surface area contributed by atoms with Crippen LogP contribution in [0.15, 0.2) is 0 Å². The minimum Gasteiger partial charge on any atom is -0.271 e. The number of hydrogen-bond acceptors (Lipinski definition) is 5. The van der Waals surface area contributed by atoms with Gasteiger partial charge in [-0.1, -0.05) is 20.3 Å². The summed E-state index contributed by atoms with van der Waals surface area (Å²) in [5.41, 5.74) is 2.88. The average Bonchev–Trinajstić information content (AvgIpc) is 2.29. The maximum Gasteiger partial charge on any atom is 0.150 e. The zero-order valence-corrected chi connectivity index (χ0v) is 13.2. The summed E-state index contributed by atoms with van der Waals surface area (Å²) >= 11 is 1.87. The first-order valence-electron chi connectivity index (χ1n) is 6.61. The Bertz CT molecular complexity index is 344. The van der Waals surface area contributed by atoms with Gasteiger partial charge < -0.3 is 0 Å². The van der Waals surface area contributed by atoms with E-state index in [-0.39, 0.29) is 11.3 Å². The summed E-state index contributed by atoms with van der Waals surface area (Å²) in [6.45, 7) is 4.33. The molecule has 0 amide bonds. The first-order chi connectivity index (χ1) is 8.34. The van der Waals surface area contributed by atoms with Crippen LogP contribution in [0.3, 0.4) is 0 Å². The SMILES string of the molecule is CC(C)SCC(NN)C1CCCC(S(C)(=O)=O)C1. The van der Waals surface area contributed by atoms with Crippen LogP contribution >= 0.6 is 11.8 Å². The van der Waals surface area contributed by atoms with E-state index in [9.17, 15) is 8.42 Å². The number of nitrogens with two attached hydrogens (primary N) is 1. The minimum absolute atomic E-state index is 0.170. The van der Waals surface area contributed by atoms with Crippen molar-refractivity contribution in [3.05, 3.63) is 0 Å². The Morgan fingerprint density at radius 2 is 2.06 bits per heavy atom. The highest BCUT2D eigenvalue weighted by Gasteiger charge is 2.32. The van der Waals surface area contributed by atoms with Gasteiger partial charge in [0.15, 0.2) is 0 Å². The molecule has 3 atom stereocenters. The van der Waals surface area contributed by atoms with E-state index in [4.69, 9.17) is 5.84 Å². The van der Waals surface area contributed by atoms with Crippen LogP contribution in [0.25, 0.3) is 0 Å². The Morgan fingerprint density at radius 3 is 2.56 bits per heavy atom. The molecule has 4 nitrogen and oxygen atoms in total. The highest BCUT2D eigenvalue weighted by Crippen LogP contribution is 2.31. The average molecular weight is 294 g/mol. The standard InChI is InChI=1S/C12H26N2O2S2/c1-9(2)17-8-12(14-13)10-5-4-6-11(7-10)18(3,15)16/h9-12,14H,4-8,13H2,1-3H3. The van der Waals surface area contributed by atoms with E-state index in [2.05, 4.69) is 19.3 Å². The number of rotatable bonds is 6. The van der Waals surface area contributed by atoms with E-state index in [0.717, 1.165) is 31.4 Å². The maximum absolute atomic E-state index is 11.7. The summed E-state index contributed by atoms with van der Waals surface area (Å²) < 4.78 is 23.3. The molecule has 0 spiro atoms. The Balaban J connectivity index is 2.58. The van der Waals surface area contributed by atoms with E-state index >= 15 is 0 Å². The number of nitrogens with one attached hydrogen (secondary N) is 1. The second-order valence-electron chi connectivity index (χ2n) is 5.53. The Hall–Kier alpha value is 0.220. The molecule has 3 unspecified atom stereocenters. The normalized spacial score (nSPS) is 27.4. The number of sulfone groups is 1. The van der Waals surface area contributed by atoms with Crippen LogP contribution in [0.4, 0.5) is 0 Å². The molecule has 0 aromatic carbocycles. The maximum atomic E-state index is 11.7. The van der Waals surface area contributed by atoms with Crippen LogP contribution < -0.4 is 11.3 Å². The van der Waals surface area contributed by atoms with Crippen molar-refractivity contribution >= 4 is 21.6 Å². The van der Waals surface area contributed by atoms with E-state index in [0.29, 0.717) is 11.2 Å². The molecular formula is C12H26N2O2S2. The van der Waals surface area contributed by atoms with Crippen LogP contribution in [0.2, 0.25) is 0 Å². The van der Waals surface area contributed by atoms with Gasteiger partial charge in [-0.05, 0) is 30.4 Å². The molecule has 1 fully saturated rings. The third kappa shape index (κ3) is 5.07. The minimum atomic E-state index is -2.91. The summed E-state index contributed by atoms with van der Waals surface area (Å²) in [4.78, 5) is 0. The van der Waals surface area contributed by atoms with E-state index in [1.807, 2.05) is 11.8 Å².